The van der Waals surface area contributed by atoms with E-state index in [1.54, 1.807) is 54.6 Å². The largest absolute Gasteiger partial charge is 0.493 e. The van der Waals surface area contributed by atoms with Gasteiger partial charge in [0, 0.05) is 11.1 Å². The van der Waals surface area contributed by atoms with Gasteiger partial charge >= 0.3 is 5.97 Å². The molecule has 0 fully saturated rings. The molecule has 6 nitrogen and oxygen atoms in total. The van der Waals surface area contributed by atoms with E-state index < -0.39 is 17.8 Å². The molecule has 2 aromatic rings. The molecule has 25 heavy (non-hydrogen) atoms. The van der Waals surface area contributed by atoms with E-state index >= 15 is 0 Å². The van der Waals surface area contributed by atoms with Crippen molar-refractivity contribution >= 4 is 29.4 Å². The Labute approximate surface area is 143 Å². The second kappa shape index (κ2) is 7.00. The molecule has 0 bridgehead atoms. The van der Waals surface area contributed by atoms with Gasteiger partial charge in [0.2, 0.25) is 0 Å². The van der Waals surface area contributed by atoms with Gasteiger partial charge in [0.15, 0.2) is 0 Å². The summed E-state index contributed by atoms with van der Waals surface area (Å²) in [6.45, 7) is 0.0627. The summed E-state index contributed by atoms with van der Waals surface area (Å²) in [6, 6.07) is 13.9. The molecule has 6 heteroatoms. The Morgan fingerprint density at radius 3 is 2.56 bits per heavy atom. The highest BCUT2D eigenvalue weighted by atomic mass is 16.5. The highest BCUT2D eigenvalue weighted by Crippen LogP contribution is 2.27. The van der Waals surface area contributed by atoms with Gasteiger partial charge in [-0.15, -0.1) is 0 Å². The molecule has 3 rings (SSSR count). The van der Waals surface area contributed by atoms with E-state index in [2.05, 4.69) is 5.32 Å². The van der Waals surface area contributed by atoms with Crippen molar-refractivity contribution in [1.29, 1.82) is 0 Å². The monoisotopic (exact) mass is 337 g/mol. The van der Waals surface area contributed by atoms with E-state index in [1.807, 2.05) is 0 Å². The smallest absolute Gasteiger partial charge is 0.306 e. The lowest BCUT2D eigenvalue weighted by atomic mass is 9.93. The van der Waals surface area contributed by atoms with E-state index in [9.17, 15) is 14.4 Å². The first-order chi connectivity index (χ1) is 12.0. The molecule has 1 heterocycles. The van der Waals surface area contributed by atoms with Gasteiger partial charge in [-0.05, 0) is 35.4 Å². The van der Waals surface area contributed by atoms with Gasteiger partial charge in [0.25, 0.3) is 11.8 Å². The van der Waals surface area contributed by atoms with Crippen molar-refractivity contribution < 1.29 is 24.2 Å². The second-order valence-electron chi connectivity index (χ2n) is 5.45. The van der Waals surface area contributed by atoms with Crippen LogP contribution in [0.1, 0.15) is 27.9 Å². The van der Waals surface area contributed by atoms with Gasteiger partial charge in [-0.3, -0.25) is 19.7 Å². The predicted molar refractivity (Wildman–Crippen MR) is 91.0 cm³/mol. The first kappa shape index (κ1) is 16.4. The van der Waals surface area contributed by atoms with E-state index in [1.165, 1.54) is 0 Å². The van der Waals surface area contributed by atoms with Crippen LogP contribution in [0, 0.1) is 0 Å². The maximum atomic E-state index is 12.2. The van der Waals surface area contributed by atoms with Gasteiger partial charge in [-0.25, -0.2) is 0 Å². The van der Waals surface area contributed by atoms with Crippen molar-refractivity contribution in [3.63, 3.8) is 0 Å². The molecule has 0 aliphatic carbocycles. The van der Waals surface area contributed by atoms with Gasteiger partial charge in [-0.2, -0.15) is 0 Å². The third kappa shape index (κ3) is 3.74. The quantitative estimate of drug-likeness (QED) is 0.645. The first-order valence-electron chi connectivity index (χ1n) is 7.66. The molecule has 0 atom stereocenters. The third-order valence-electron chi connectivity index (χ3n) is 3.69. The van der Waals surface area contributed by atoms with Gasteiger partial charge in [0.05, 0.1) is 13.0 Å². The van der Waals surface area contributed by atoms with E-state index in [-0.39, 0.29) is 13.0 Å². The zero-order valence-electron chi connectivity index (χ0n) is 13.2. The SMILES string of the molecule is O=C(O)CCOc1cccc(/C=C2/C(=O)NC(=O)c3ccccc32)c1. The number of carbonyl (C=O) groups is 3. The minimum Gasteiger partial charge on any atom is -0.493 e. The molecule has 0 unspecified atom stereocenters. The number of aliphatic carboxylic acids is 1. The number of carboxylic acid groups (broad SMARTS) is 1. The number of nitrogens with one attached hydrogen (secondary N) is 1. The fraction of sp³-hybridized carbons (Fsp3) is 0.105. The zero-order valence-corrected chi connectivity index (χ0v) is 13.2. The Hall–Kier alpha value is -3.41. The number of fused-ring (bicyclic) bond motifs is 1. The first-order valence-corrected chi connectivity index (χ1v) is 7.66. The van der Waals surface area contributed by atoms with Crippen LogP contribution in [0.3, 0.4) is 0 Å². The molecule has 1 aliphatic rings. The molecule has 0 aromatic heterocycles. The molecule has 0 saturated carbocycles. The van der Waals surface area contributed by atoms with Crippen molar-refractivity contribution in [2.45, 2.75) is 6.42 Å². The van der Waals surface area contributed by atoms with E-state index in [0.29, 0.717) is 28.0 Å². The number of imide groups is 1. The number of ether oxygens (including phenoxy) is 1. The number of hydrogen-bond donors (Lipinski definition) is 2. The molecule has 2 N–H and O–H groups in total. The minimum atomic E-state index is -0.932. The number of hydrogen-bond acceptors (Lipinski definition) is 4. The normalized spacial score (nSPS) is 14.8. The minimum absolute atomic E-state index is 0.0627. The van der Waals surface area contributed by atoms with Crippen LogP contribution in [0.2, 0.25) is 0 Å². The average molecular weight is 337 g/mol. The third-order valence-corrected chi connectivity index (χ3v) is 3.69. The van der Waals surface area contributed by atoms with Crippen LogP contribution in [0.25, 0.3) is 11.6 Å². The van der Waals surface area contributed by atoms with Crippen molar-refractivity contribution in [2.75, 3.05) is 6.61 Å². The summed E-state index contributed by atoms with van der Waals surface area (Å²) >= 11 is 0. The Balaban J connectivity index is 1.90. The lowest BCUT2D eigenvalue weighted by molar-refractivity contribution is -0.137. The van der Waals surface area contributed by atoms with Crippen LogP contribution in [-0.2, 0) is 9.59 Å². The van der Waals surface area contributed by atoms with E-state index in [0.717, 1.165) is 0 Å². The number of carbonyl (C=O) groups excluding carboxylic acids is 2. The molecule has 1 aliphatic heterocycles. The van der Waals surface area contributed by atoms with Gasteiger partial charge < -0.3 is 9.84 Å². The molecule has 2 amide bonds. The fourth-order valence-electron chi connectivity index (χ4n) is 2.54. The van der Waals surface area contributed by atoms with Crippen LogP contribution in [-0.4, -0.2) is 29.5 Å². The van der Waals surface area contributed by atoms with Gasteiger partial charge in [0.1, 0.15) is 5.75 Å². The lowest BCUT2D eigenvalue weighted by Crippen LogP contribution is -2.36. The average Bonchev–Trinajstić information content (AvgIpc) is 2.59. The van der Waals surface area contributed by atoms with Gasteiger partial charge in [-0.1, -0.05) is 30.3 Å². The van der Waals surface area contributed by atoms with Crippen molar-refractivity contribution in [3.8, 4) is 5.75 Å². The van der Waals surface area contributed by atoms with Crippen LogP contribution in [0.4, 0.5) is 0 Å². The topological polar surface area (TPSA) is 92.7 Å². The number of benzene rings is 2. The summed E-state index contributed by atoms with van der Waals surface area (Å²) in [6.07, 6.45) is 1.58. The summed E-state index contributed by atoms with van der Waals surface area (Å²) in [5, 5.41) is 11.0. The number of rotatable bonds is 5. The molecular formula is C19H15NO5. The second-order valence-corrected chi connectivity index (χ2v) is 5.45. The zero-order chi connectivity index (χ0) is 17.8. The maximum Gasteiger partial charge on any atom is 0.306 e. The molecule has 0 saturated heterocycles. The Kier molecular flexibility index (Phi) is 4.61. The summed E-state index contributed by atoms with van der Waals surface area (Å²) in [5.41, 5.74) is 2.12. The maximum absolute atomic E-state index is 12.2. The van der Waals surface area contributed by atoms with Crippen LogP contribution < -0.4 is 10.1 Å². The van der Waals surface area contributed by atoms with Crippen molar-refractivity contribution in [3.05, 3.63) is 65.2 Å². The summed E-state index contributed by atoms with van der Waals surface area (Å²) in [4.78, 5) is 34.6. The standard InChI is InChI=1S/C19H15NO5/c21-17(22)8-9-25-13-5-3-4-12(10-13)11-16-14-6-1-2-7-15(14)18(23)20-19(16)24/h1-7,10-11H,8-9H2,(H,21,22)(H,20,23,24)/b16-11+. The highest BCUT2D eigenvalue weighted by molar-refractivity contribution is 6.33. The molecule has 2 aromatic carbocycles. The number of carboxylic acids is 1. The van der Waals surface area contributed by atoms with Crippen LogP contribution in [0.15, 0.2) is 48.5 Å². The Morgan fingerprint density at radius 2 is 1.80 bits per heavy atom. The van der Waals surface area contributed by atoms with Crippen molar-refractivity contribution in [1.82, 2.24) is 5.32 Å². The molecule has 0 radical (unpaired) electrons. The van der Waals surface area contributed by atoms with E-state index in [4.69, 9.17) is 9.84 Å². The highest BCUT2D eigenvalue weighted by Gasteiger charge is 2.26. The Morgan fingerprint density at radius 1 is 1.04 bits per heavy atom. The summed E-state index contributed by atoms with van der Waals surface area (Å²) < 4.78 is 5.40. The van der Waals surface area contributed by atoms with Crippen LogP contribution in [0.5, 0.6) is 5.75 Å². The summed E-state index contributed by atoms with van der Waals surface area (Å²) in [5.74, 6) is -1.29. The summed E-state index contributed by atoms with van der Waals surface area (Å²) in [7, 11) is 0. The fourth-order valence-corrected chi connectivity index (χ4v) is 2.54. The molecule has 126 valence electrons. The number of amides is 2. The predicted octanol–water partition coefficient (Wildman–Crippen LogP) is 2.35. The van der Waals surface area contributed by atoms with Crippen molar-refractivity contribution in [2.24, 2.45) is 0 Å². The lowest BCUT2D eigenvalue weighted by Gasteiger charge is -2.18. The molecular weight excluding hydrogens is 322 g/mol. The molecule has 0 spiro atoms. The Bertz CT molecular complexity index is 885. The van der Waals surface area contributed by atoms with Crippen LogP contribution >= 0.6 is 0 Å².